The molecule has 7 nitrogen and oxygen atoms in total. The fourth-order valence-electron chi connectivity index (χ4n) is 2.83. The zero-order chi connectivity index (χ0) is 20.8. The minimum atomic E-state index is -0.268. The summed E-state index contributed by atoms with van der Waals surface area (Å²) in [6.07, 6.45) is 0. The van der Waals surface area contributed by atoms with E-state index in [2.05, 4.69) is 25.9 Å². The van der Waals surface area contributed by atoms with Crippen molar-refractivity contribution >= 4 is 29.0 Å². The number of amides is 2. The van der Waals surface area contributed by atoms with Crippen molar-refractivity contribution in [2.75, 3.05) is 10.6 Å². The molecular weight excluding hydrogens is 366 g/mol. The average molecular weight is 389 g/mol. The van der Waals surface area contributed by atoms with Gasteiger partial charge >= 0.3 is 0 Å². The van der Waals surface area contributed by atoms with Crippen molar-refractivity contribution in [2.45, 2.75) is 26.8 Å². The van der Waals surface area contributed by atoms with Crippen molar-refractivity contribution in [1.82, 2.24) is 15.3 Å². The highest BCUT2D eigenvalue weighted by atomic mass is 16.2. The SMILES string of the molecule is CC(=O)Nc1ccc(Nc2cc(C(=O)NC(C)c3ccccc3)nc(C)n2)cc1. The molecule has 1 heterocycles. The molecule has 0 saturated carbocycles. The summed E-state index contributed by atoms with van der Waals surface area (Å²) in [5, 5.41) is 8.84. The zero-order valence-corrected chi connectivity index (χ0v) is 16.6. The van der Waals surface area contributed by atoms with E-state index in [-0.39, 0.29) is 23.6 Å². The number of nitrogens with one attached hydrogen (secondary N) is 3. The number of carbonyl (C=O) groups excluding carboxylic acids is 2. The predicted molar refractivity (Wildman–Crippen MR) is 113 cm³/mol. The second kappa shape index (κ2) is 8.97. The number of anilines is 3. The molecule has 0 aliphatic carbocycles. The molecule has 29 heavy (non-hydrogen) atoms. The lowest BCUT2D eigenvalue weighted by atomic mass is 10.1. The van der Waals surface area contributed by atoms with E-state index in [0.29, 0.717) is 17.3 Å². The molecule has 1 atom stereocenters. The van der Waals surface area contributed by atoms with Gasteiger partial charge in [0.15, 0.2) is 0 Å². The molecule has 148 valence electrons. The van der Waals surface area contributed by atoms with Gasteiger partial charge in [-0.1, -0.05) is 30.3 Å². The van der Waals surface area contributed by atoms with E-state index in [1.54, 1.807) is 25.1 Å². The number of nitrogens with zero attached hydrogens (tertiary/aromatic N) is 2. The van der Waals surface area contributed by atoms with Crippen LogP contribution < -0.4 is 16.0 Å². The molecule has 1 unspecified atom stereocenters. The number of aryl methyl sites for hydroxylation is 1. The summed E-state index contributed by atoms with van der Waals surface area (Å²) in [5.74, 6) is 0.609. The molecule has 3 rings (SSSR count). The summed E-state index contributed by atoms with van der Waals surface area (Å²) in [7, 11) is 0. The Morgan fingerprint density at radius 3 is 2.24 bits per heavy atom. The Labute approximate surface area is 169 Å². The van der Waals surface area contributed by atoms with E-state index in [1.807, 2.05) is 49.4 Å². The molecule has 0 aliphatic rings. The summed E-state index contributed by atoms with van der Waals surface area (Å²) in [5.41, 5.74) is 2.79. The number of carbonyl (C=O) groups is 2. The van der Waals surface area contributed by atoms with Crippen LogP contribution >= 0.6 is 0 Å². The molecule has 2 aromatic carbocycles. The minimum Gasteiger partial charge on any atom is -0.344 e. The van der Waals surface area contributed by atoms with Gasteiger partial charge in [0.2, 0.25) is 5.91 Å². The highest BCUT2D eigenvalue weighted by Gasteiger charge is 2.14. The largest absolute Gasteiger partial charge is 0.344 e. The normalized spacial score (nSPS) is 11.4. The maximum absolute atomic E-state index is 12.7. The number of hydrogen-bond acceptors (Lipinski definition) is 5. The number of aromatic nitrogens is 2. The molecule has 1 aromatic heterocycles. The Morgan fingerprint density at radius 1 is 0.931 bits per heavy atom. The minimum absolute atomic E-state index is 0.127. The van der Waals surface area contributed by atoms with Crippen molar-refractivity contribution in [3.63, 3.8) is 0 Å². The van der Waals surface area contributed by atoms with E-state index in [4.69, 9.17) is 0 Å². The predicted octanol–water partition coefficient (Wildman–Crippen LogP) is 3.98. The topological polar surface area (TPSA) is 96.0 Å². The molecule has 3 N–H and O–H groups in total. The van der Waals surface area contributed by atoms with Gasteiger partial charge in [-0.3, -0.25) is 9.59 Å². The van der Waals surface area contributed by atoms with Crippen molar-refractivity contribution in [2.24, 2.45) is 0 Å². The molecule has 0 saturated heterocycles. The van der Waals surface area contributed by atoms with E-state index in [1.165, 1.54) is 6.92 Å². The zero-order valence-electron chi connectivity index (χ0n) is 16.6. The molecule has 7 heteroatoms. The lowest BCUT2D eigenvalue weighted by Crippen LogP contribution is -2.27. The summed E-state index contributed by atoms with van der Waals surface area (Å²) in [6.45, 7) is 5.13. The lowest BCUT2D eigenvalue weighted by molar-refractivity contribution is -0.114. The van der Waals surface area contributed by atoms with E-state index < -0.39 is 0 Å². The first-order valence-corrected chi connectivity index (χ1v) is 9.27. The van der Waals surface area contributed by atoms with Crippen LogP contribution in [0.25, 0.3) is 0 Å². The molecular formula is C22H23N5O2. The number of benzene rings is 2. The van der Waals surface area contributed by atoms with Crippen LogP contribution in [0.4, 0.5) is 17.2 Å². The number of hydrogen-bond donors (Lipinski definition) is 3. The fraction of sp³-hybridized carbons (Fsp3) is 0.182. The second-order valence-corrected chi connectivity index (χ2v) is 6.68. The summed E-state index contributed by atoms with van der Waals surface area (Å²) in [6, 6.07) is 18.4. The molecule has 0 radical (unpaired) electrons. The van der Waals surface area contributed by atoms with Crippen molar-refractivity contribution in [1.29, 1.82) is 0 Å². The van der Waals surface area contributed by atoms with Crippen molar-refractivity contribution in [3.05, 3.63) is 77.7 Å². The maximum Gasteiger partial charge on any atom is 0.270 e. The lowest BCUT2D eigenvalue weighted by Gasteiger charge is -2.15. The Balaban J connectivity index is 1.72. The van der Waals surface area contributed by atoms with E-state index >= 15 is 0 Å². The first kappa shape index (κ1) is 20.0. The van der Waals surface area contributed by atoms with Crippen LogP contribution in [0.15, 0.2) is 60.7 Å². The number of rotatable bonds is 6. The Morgan fingerprint density at radius 2 is 1.59 bits per heavy atom. The Hall–Kier alpha value is -3.74. The third-order valence-electron chi connectivity index (χ3n) is 4.20. The molecule has 0 bridgehead atoms. The van der Waals surface area contributed by atoms with Crippen LogP contribution in [0.2, 0.25) is 0 Å². The second-order valence-electron chi connectivity index (χ2n) is 6.68. The molecule has 0 spiro atoms. The maximum atomic E-state index is 12.7. The fourth-order valence-corrected chi connectivity index (χ4v) is 2.83. The van der Waals surface area contributed by atoms with Crippen LogP contribution in [0, 0.1) is 6.92 Å². The Kier molecular flexibility index (Phi) is 6.19. The van der Waals surface area contributed by atoms with Gasteiger partial charge in [-0.2, -0.15) is 0 Å². The highest BCUT2D eigenvalue weighted by molar-refractivity contribution is 5.93. The average Bonchev–Trinajstić information content (AvgIpc) is 2.69. The van der Waals surface area contributed by atoms with Crippen molar-refractivity contribution in [3.8, 4) is 0 Å². The molecule has 3 aromatic rings. The van der Waals surface area contributed by atoms with Crippen molar-refractivity contribution < 1.29 is 9.59 Å². The van der Waals surface area contributed by atoms with Crippen LogP contribution in [0.3, 0.4) is 0 Å². The van der Waals surface area contributed by atoms with Gasteiger partial charge in [0, 0.05) is 24.4 Å². The highest BCUT2D eigenvalue weighted by Crippen LogP contribution is 2.19. The standard InChI is InChI=1S/C22H23N5O2/c1-14(17-7-5-4-6-8-17)23-22(29)20-13-21(25-15(2)24-20)27-19-11-9-18(10-12-19)26-16(3)28/h4-14H,1-3H3,(H,23,29)(H,26,28)(H,24,25,27). The van der Waals surface area contributed by atoms with Gasteiger partial charge in [0.05, 0.1) is 6.04 Å². The smallest absolute Gasteiger partial charge is 0.270 e. The molecule has 0 aliphatic heterocycles. The van der Waals surface area contributed by atoms with Crippen LogP contribution in [0.5, 0.6) is 0 Å². The molecule has 0 fully saturated rings. The Bertz CT molecular complexity index is 1000. The van der Waals surface area contributed by atoms with Gasteiger partial charge in [0.1, 0.15) is 17.3 Å². The van der Waals surface area contributed by atoms with Crippen LogP contribution in [-0.2, 0) is 4.79 Å². The van der Waals surface area contributed by atoms with Gasteiger partial charge in [-0.25, -0.2) is 9.97 Å². The first-order chi connectivity index (χ1) is 13.9. The summed E-state index contributed by atoms with van der Waals surface area (Å²) >= 11 is 0. The summed E-state index contributed by atoms with van der Waals surface area (Å²) < 4.78 is 0. The monoisotopic (exact) mass is 389 g/mol. The van der Waals surface area contributed by atoms with Gasteiger partial charge < -0.3 is 16.0 Å². The van der Waals surface area contributed by atoms with Gasteiger partial charge in [-0.15, -0.1) is 0 Å². The van der Waals surface area contributed by atoms with E-state index in [0.717, 1.165) is 11.3 Å². The first-order valence-electron chi connectivity index (χ1n) is 9.27. The van der Waals surface area contributed by atoms with Gasteiger partial charge in [-0.05, 0) is 43.7 Å². The summed E-state index contributed by atoms with van der Waals surface area (Å²) in [4.78, 5) is 32.4. The third-order valence-corrected chi connectivity index (χ3v) is 4.20. The van der Waals surface area contributed by atoms with E-state index in [9.17, 15) is 9.59 Å². The van der Waals surface area contributed by atoms with Gasteiger partial charge in [0.25, 0.3) is 5.91 Å². The van der Waals surface area contributed by atoms with Crippen LogP contribution in [0.1, 0.15) is 41.8 Å². The quantitative estimate of drug-likeness (QED) is 0.593. The third kappa shape index (κ3) is 5.62. The molecule has 2 amide bonds. The van der Waals surface area contributed by atoms with Crippen LogP contribution in [-0.4, -0.2) is 21.8 Å².